The zero-order chi connectivity index (χ0) is 13.3. The van der Waals surface area contributed by atoms with Crippen LogP contribution in [0.25, 0.3) is 0 Å². The second kappa shape index (κ2) is 15.6. The van der Waals surface area contributed by atoms with Gasteiger partial charge < -0.3 is 0 Å². The van der Waals surface area contributed by atoms with Crippen LogP contribution in [0.5, 0.6) is 0 Å². The van der Waals surface area contributed by atoms with E-state index in [0.717, 1.165) is 64.5 Å². The number of hydrogen-bond acceptors (Lipinski definition) is 4. The normalized spacial score (nSPS) is 10.3. The lowest BCUT2D eigenvalue weighted by Crippen LogP contribution is -1.85. The molecule has 0 aromatic rings. The molecule has 100 valence electrons. The van der Waals surface area contributed by atoms with Crippen molar-refractivity contribution in [1.29, 1.82) is 10.5 Å². The van der Waals surface area contributed by atoms with E-state index in [1.807, 2.05) is 0 Å². The predicted octanol–water partition coefficient (Wildman–Crippen LogP) is 4.39. The smallest absolute Gasteiger partial charge is 0.0621 e. The van der Waals surface area contributed by atoms with Crippen LogP contribution in [0.3, 0.4) is 0 Å². The summed E-state index contributed by atoms with van der Waals surface area (Å²) >= 11 is 0. The second-order valence-electron chi connectivity index (χ2n) is 4.37. The first-order valence-corrected chi connectivity index (χ1v) is 6.99. The third-order valence-electron chi connectivity index (χ3n) is 2.69. The topological polar surface area (TPSA) is 72.3 Å². The van der Waals surface area contributed by atoms with Gasteiger partial charge in [-0.15, -0.1) is 0 Å². The van der Waals surface area contributed by atoms with E-state index in [0.29, 0.717) is 12.8 Å². The summed E-state index contributed by atoms with van der Waals surface area (Å²) in [7, 11) is 0. The maximum atomic E-state index is 8.36. The van der Waals surface area contributed by atoms with E-state index in [-0.39, 0.29) is 0 Å². The van der Waals surface area contributed by atoms with Crippen molar-refractivity contribution in [3.05, 3.63) is 0 Å². The van der Waals surface area contributed by atoms with Crippen molar-refractivity contribution in [3.63, 3.8) is 0 Å². The van der Waals surface area contributed by atoms with Crippen molar-refractivity contribution in [1.82, 2.24) is 0 Å². The molecular weight excluding hydrogens is 224 g/mol. The van der Waals surface area contributed by atoms with Crippen molar-refractivity contribution < 1.29 is 0 Å². The molecule has 0 spiro atoms. The van der Waals surface area contributed by atoms with Crippen LogP contribution in [0.2, 0.25) is 0 Å². The van der Waals surface area contributed by atoms with Gasteiger partial charge in [-0.3, -0.25) is 0 Å². The molecule has 0 amide bonds. The summed E-state index contributed by atoms with van der Waals surface area (Å²) in [6.45, 7) is 1.64. The van der Waals surface area contributed by atoms with Gasteiger partial charge in [0.1, 0.15) is 0 Å². The van der Waals surface area contributed by atoms with E-state index in [2.05, 4.69) is 22.4 Å². The lowest BCUT2D eigenvalue weighted by Gasteiger charge is -1.96. The molecule has 4 nitrogen and oxygen atoms in total. The molecular formula is C14H24N4. The molecule has 0 saturated carbocycles. The molecule has 0 radical (unpaired) electrons. The quantitative estimate of drug-likeness (QED) is 0.379. The highest BCUT2D eigenvalue weighted by molar-refractivity contribution is 4.68. The first kappa shape index (κ1) is 16.6. The largest absolute Gasteiger partial charge is 0.198 e. The number of hydrogen-bond donors (Lipinski definition) is 0. The van der Waals surface area contributed by atoms with E-state index in [9.17, 15) is 0 Å². The Kier molecular flexibility index (Phi) is 14.4. The molecule has 0 aliphatic heterocycles. The van der Waals surface area contributed by atoms with E-state index in [1.54, 1.807) is 0 Å². The highest BCUT2D eigenvalue weighted by Crippen LogP contribution is 2.04. The molecule has 0 N–H and O–H groups in total. The number of nitriles is 2. The molecule has 0 heterocycles. The maximum Gasteiger partial charge on any atom is 0.0621 e. The molecule has 18 heavy (non-hydrogen) atoms. The molecule has 0 aromatic carbocycles. The van der Waals surface area contributed by atoms with Gasteiger partial charge in [0.15, 0.2) is 0 Å². The molecule has 0 aliphatic rings. The van der Waals surface area contributed by atoms with E-state index in [4.69, 9.17) is 10.5 Å². The number of azo groups is 1. The standard InChI is InChI=1S/C14H24N4/c15-11-7-3-1-5-9-13-17-18-14-10-6-2-4-8-12-16/h1-10,13-14H2. The zero-order valence-corrected chi connectivity index (χ0v) is 11.3. The summed E-state index contributed by atoms with van der Waals surface area (Å²) < 4.78 is 0. The Morgan fingerprint density at radius 3 is 1.33 bits per heavy atom. The van der Waals surface area contributed by atoms with Gasteiger partial charge in [-0.05, 0) is 25.7 Å². The Balaban J connectivity index is 3.05. The highest BCUT2D eigenvalue weighted by Gasteiger charge is 1.90. The van der Waals surface area contributed by atoms with Gasteiger partial charge in [0.05, 0.1) is 25.2 Å². The van der Waals surface area contributed by atoms with Gasteiger partial charge in [-0.25, -0.2) is 0 Å². The molecule has 0 rings (SSSR count). The Labute approximate surface area is 111 Å². The van der Waals surface area contributed by atoms with Crippen molar-refractivity contribution in [2.45, 2.75) is 64.2 Å². The van der Waals surface area contributed by atoms with Gasteiger partial charge in [0.25, 0.3) is 0 Å². The summed E-state index contributed by atoms with van der Waals surface area (Å²) in [4.78, 5) is 0. The van der Waals surface area contributed by atoms with Crippen LogP contribution >= 0.6 is 0 Å². The molecule has 0 bridgehead atoms. The third kappa shape index (κ3) is 14.6. The minimum absolute atomic E-state index is 0.674. The Hall–Kier alpha value is -1.42. The second-order valence-corrected chi connectivity index (χ2v) is 4.37. The zero-order valence-electron chi connectivity index (χ0n) is 11.3. The maximum absolute atomic E-state index is 8.36. The highest BCUT2D eigenvalue weighted by atomic mass is 15.1. The van der Waals surface area contributed by atoms with Gasteiger partial charge in [0.2, 0.25) is 0 Å². The van der Waals surface area contributed by atoms with Gasteiger partial charge in [-0.1, -0.05) is 25.7 Å². The molecule has 0 unspecified atom stereocenters. The summed E-state index contributed by atoms with van der Waals surface area (Å²) in [5.41, 5.74) is 0. The predicted molar refractivity (Wildman–Crippen MR) is 72.0 cm³/mol. The monoisotopic (exact) mass is 248 g/mol. The fourth-order valence-electron chi connectivity index (χ4n) is 1.62. The van der Waals surface area contributed by atoms with Crippen LogP contribution in [0.15, 0.2) is 10.2 Å². The molecule has 0 aliphatic carbocycles. The van der Waals surface area contributed by atoms with Crippen LogP contribution in [-0.2, 0) is 0 Å². The average molecular weight is 248 g/mol. The van der Waals surface area contributed by atoms with Crippen LogP contribution in [0.1, 0.15) is 64.2 Å². The van der Waals surface area contributed by atoms with Gasteiger partial charge >= 0.3 is 0 Å². The first-order chi connectivity index (χ1) is 8.91. The average Bonchev–Trinajstić information content (AvgIpc) is 2.39. The van der Waals surface area contributed by atoms with Crippen molar-refractivity contribution in [2.24, 2.45) is 10.2 Å². The summed E-state index contributed by atoms with van der Waals surface area (Å²) in [5.74, 6) is 0. The van der Waals surface area contributed by atoms with Crippen LogP contribution in [0.4, 0.5) is 0 Å². The molecule has 0 saturated heterocycles. The lowest BCUT2D eigenvalue weighted by atomic mass is 10.1. The van der Waals surface area contributed by atoms with Crippen LogP contribution in [0, 0.1) is 22.7 Å². The van der Waals surface area contributed by atoms with Crippen molar-refractivity contribution in [3.8, 4) is 12.1 Å². The van der Waals surface area contributed by atoms with E-state index < -0.39 is 0 Å². The fourth-order valence-corrected chi connectivity index (χ4v) is 1.62. The van der Waals surface area contributed by atoms with Crippen molar-refractivity contribution >= 4 is 0 Å². The molecule has 0 aromatic heterocycles. The SMILES string of the molecule is N#CCCCCCCN=NCCCCCCC#N. The Morgan fingerprint density at radius 2 is 0.944 bits per heavy atom. The lowest BCUT2D eigenvalue weighted by molar-refractivity contribution is 0.624. The Bertz CT molecular complexity index is 244. The van der Waals surface area contributed by atoms with Gasteiger partial charge in [0, 0.05) is 12.8 Å². The minimum atomic E-state index is 0.674. The molecule has 0 atom stereocenters. The summed E-state index contributed by atoms with van der Waals surface area (Å²) in [6.07, 6.45) is 10.1. The van der Waals surface area contributed by atoms with E-state index in [1.165, 1.54) is 0 Å². The Morgan fingerprint density at radius 1 is 0.556 bits per heavy atom. The van der Waals surface area contributed by atoms with Crippen molar-refractivity contribution in [2.75, 3.05) is 13.1 Å². The number of unbranched alkanes of at least 4 members (excludes halogenated alkanes) is 8. The fraction of sp³-hybridized carbons (Fsp3) is 0.857. The molecule has 0 fully saturated rings. The van der Waals surface area contributed by atoms with E-state index >= 15 is 0 Å². The number of nitrogens with zero attached hydrogens (tertiary/aromatic N) is 4. The third-order valence-corrected chi connectivity index (χ3v) is 2.69. The number of rotatable bonds is 12. The first-order valence-electron chi connectivity index (χ1n) is 6.99. The van der Waals surface area contributed by atoms with Crippen LogP contribution < -0.4 is 0 Å². The summed E-state index contributed by atoms with van der Waals surface area (Å²) in [5, 5.41) is 25.0. The molecule has 4 heteroatoms. The minimum Gasteiger partial charge on any atom is -0.198 e. The van der Waals surface area contributed by atoms with Crippen LogP contribution in [-0.4, -0.2) is 13.1 Å². The summed E-state index contributed by atoms with van der Waals surface area (Å²) in [6, 6.07) is 4.30. The van der Waals surface area contributed by atoms with Gasteiger partial charge in [-0.2, -0.15) is 20.8 Å².